The van der Waals surface area contributed by atoms with Gasteiger partial charge < -0.3 is 19.6 Å². The number of pyridine rings is 1. The van der Waals surface area contributed by atoms with Crippen molar-refractivity contribution >= 4 is 28.4 Å². The molecule has 34 heavy (non-hydrogen) atoms. The van der Waals surface area contributed by atoms with Crippen molar-refractivity contribution in [3.8, 4) is 5.75 Å². The lowest BCUT2D eigenvalue weighted by atomic mass is 9.75. The summed E-state index contributed by atoms with van der Waals surface area (Å²) in [5.41, 5.74) is 3.60. The minimum atomic E-state index is 0.0773. The Morgan fingerprint density at radius 1 is 1.21 bits per heavy atom. The van der Waals surface area contributed by atoms with Crippen LogP contribution in [0.4, 0.5) is 5.69 Å². The van der Waals surface area contributed by atoms with Crippen molar-refractivity contribution in [2.45, 2.75) is 63.0 Å². The van der Waals surface area contributed by atoms with Crippen LogP contribution >= 0.6 is 11.8 Å². The Kier molecular flexibility index (Phi) is 9.00. The number of thioether (sulfide) groups is 1. The third-order valence-corrected chi connectivity index (χ3v) is 9.46. The molecule has 0 bridgehead atoms. The maximum absolute atomic E-state index is 10.4. The van der Waals surface area contributed by atoms with Gasteiger partial charge in [-0.3, -0.25) is 4.98 Å². The number of fused-ring (bicyclic) bond motifs is 1. The topological polar surface area (TPSA) is 48.8 Å². The molecule has 1 aliphatic carbocycles. The molecule has 1 N–H and O–H groups in total. The van der Waals surface area contributed by atoms with E-state index in [4.69, 9.17) is 4.74 Å². The van der Waals surface area contributed by atoms with E-state index >= 15 is 0 Å². The number of aliphatic hydroxyl groups is 1. The molecule has 0 radical (unpaired) electrons. The van der Waals surface area contributed by atoms with Gasteiger partial charge in [0.15, 0.2) is 0 Å². The Labute approximate surface area is 210 Å². The van der Waals surface area contributed by atoms with Crippen LogP contribution in [0.25, 0.3) is 10.9 Å². The van der Waals surface area contributed by atoms with Gasteiger partial charge in [-0.2, -0.15) is 11.8 Å². The normalized spacial score (nSPS) is 19.1. The summed E-state index contributed by atoms with van der Waals surface area (Å²) in [4.78, 5) is 9.47. The maximum Gasteiger partial charge on any atom is 0.119 e. The first-order chi connectivity index (χ1) is 16.5. The van der Waals surface area contributed by atoms with Crippen molar-refractivity contribution in [2.24, 2.45) is 5.41 Å². The second-order valence-corrected chi connectivity index (χ2v) is 11.9. The lowest BCUT2D eigenvalue weighted by molar-refractivity contribution is 0.0378. The average molecular weight is 486 g/mol. The molecule has 2 heterocycles. The largest absolute Gasteiger partial charge is 0.497 e. The first-order valence-electron chi connectivity index (χ1n) is 13.1. The van der Waals surface area contributed by atoms with Crippen LogP contribution in [0.15, 0.2) is 24.4 Å². The number of methoxy groups -OCH3 is 1. The molecule has 5 nitrogen and oxygen atoms in total. The molecule has 0 spiro atoms. The number of piperidine rings is 1. The Morgan fingerprint density at radius 3 is 2.65 bits per heavy atom. The number of hydrogen-bond acceptors (Lipinski definition) is 6. The second-order valence-electron chi connectivity index (χ2n) is 10.5. The molecule has 4 rings (SSSR count). The van der Waals surface area contributed by atoms with Gasteiger partial charge in [0.25, 0.3) is 0 Å². The van der Waals surface area contributed by atoms with E-state index in [0.717, 1.165) is 61.7 Å². The van der Waals surface area contributed by atoms with Crippen LogP contribution in [0, 0.1) is 5.41 Å². The van der Waals surface area contributed by atoms with E-state index in [0.29, 0.717) is 6.61 Å². The lowest BCUT2D eigenvalue weighted by Crippen LogP contribution is -2.43. The number of anilines is 1. The summed E-state index contributed by atoms with van der Waals surface area (Å²) in [6.07, 6.45) is 13.1. The SMILES string of the molecule is COc1ccc2ncc(N(C)C)c(CCCC3(CO)CCN(CCSC4CCCC4)CC3)c2c1. The summed E-state index contributed by atoms with van der Waals surface area (Å²) in [6.45, 7) is 3.77. The number of hydrogen-bond donors (Lipinski definition) is 1. The summed E-state index contributed by atoms with van der Waals surface area (Å²) < 4.78 is 5.50. The molecule has 1 saturated heterocycles. The first-order valence-corrected chi connectivity index (χ1v) is 14.2. The number of aromatic nitrogens is 1. The van der Waals surface area contributed by atoms with Gasteiger partial charge in [0.2, 0.25) is 0 Å². The Morgan fingerprint density at radius 2 is 1.97 bits per heavy atom. The fourth-order valence-corrected chi connectivity index (χ4v) is 7.14. The summed E-state index contributed by atoms with van der Waals surface area (Å²) in [6, 6.07) is 6.15. The minimum Gasteiger partial charge on any atom is -0.497 e. The van der Waals surface area contributed by atoms with Gasteiger partial charge >= 0.3 is 0 Å². The molecule has 2 aromatic rings. The second kappa shape index (κ2) is 12.0. The highest BCUT2D eigenvalue weighted by Gasteiger charge is 2.33. The Balaban J connectivity index is 1.34. The minimum absolute atomic E-state index is 0.0773. The molecule has 2 fully saturated rings. The molecule has 2 aliphatic rings. The number of benzene rings is 1. The van der Waals surface area contributed by atoms with E-state index in [1.807, 2.05) is 18.3 Å². The highest BCUT2D eigenvalue weighted by atomic mass is 32.2. The van der Waals surface area contributed by atoms with Crippen molar-refractivity contribution in [1.82, 2.24) is 9.88 Å². The van der Waals surface area contributed by atoms with Crippen LogP contribution in [0.3, 0.4) is 0 Å². The van der Waals surface area contributed by atoms with E-state index < -0.39 is 0 Å². The van der Waals surface area contributed by atoms with Crippen LogP contribution in [-0.2, 0) is 6.42 Å². The van der Waals surface area contributed by atoms with Crippen molar-refractivity contribution in [1.29, 1.82) is 0 Å². The smallest absolute Gasteiger partial charge is 0.119 e. The van der Waals surface area contributed by atoms with Crippen molar-refractivity contribution in [2.75, 3.05) is 58.1 Å². The van der Waals surface area contributed by atoms with E-state index in [-0.39, 0.29) is 5.41 Å². The molecule has 1 aliphatic heterocycles. The number of aliphatic hydroxyl groups excluding tert-OH is 1. The van der Waals surface area contributed by atoms with Crippen LogP contribution in [0.1, 0.15) is 56.9 Å². The van der Waals surface area contributed by atoms with Gasteiger partial charge in [-0.1, -0.05) is 12.8 Å². The zero-order chi connectivity index (χ0) is 24.0. The van der Waals surface area contributed by atoms with Crippen molar-refractivity contribution < 1.29 is 9.84 Å². The highest BCUT2D eigenvalue weighted by Crippen LogP contribution is 2.38. The first kappa shape index (κ1) is 25.6. The standard InChI is InChI=1S/C28H43N3O2S/c1-30(2)27-20-29-26-11-10-22(33-3)19-25(26)24(27)9-6-12-28(21-32)13-15-31(16-14-28)17-18-34-23-7-4-5-8-23/h10-11,19-20,23,32H,4-9,12-18,21H2,1-3H3. The summed E-state index contributed by atoms with van der Waals surface area (Å²) >= 11 is 2.19. The van der Waals surface area contributed by atoms with Gasteiger partial charge in [0, 0.05) is 43.6 Å². The molecule has 6 heteroatoms. The van der Waals surface area contributed by atoms with Crippen molar-refractivity contribution in [3.63, 3.8) is 0 Å². The molecule has 188 valence electrons. The summed E-state index contributed by atoms with van der Waals surface area (Å²) in [7, 11) is 5.89. The van der Waals surface area contributed by atoms with E-state index in [1.165, 1.54) is 54.6 Å². The maximum atomic E-state index is 10.4. The van der Waals surface area contributed by atoms with E-state index in [9.17, 15) is 5.11 Å². The number of rotatable bonds is 11. The number of ether oxygens (including phenoxy) is 1. The van der Waals surface area contributed by atoms with Crippen LogP contribution in [0.5, 0.6) is 5.75 Å². The van der Waals surface area contributed by atoms with Gasteiger partial charge in [-0.05, 0) is 87.2 Å². The zero-order valence-electron chi connectivity index (χ0n) is 21.4. The van der Waals surface area contributed by atoms with Gasteiger partial charge in [0.05, 0.1) is 24.5 Å². The quantitative estimate of drug-likeness (QED) is 0.461. The Bertz CT molecular complexity index is 921. The van der Waals surface area contributed by atoms with E-state index in [2.05, 4.69) is 46.7 Å². The zero-order valence-corrected chi connectivity index (χ0v) is 22.2. The number of nitrogens with zero attached hydrogens (tertiary/aromatic N) is 3. The predicted molar refractivity (Wildman–Crippen MR) is 145 cm³/mol. The summed E-state index contributed by atoms with van der Waals surface area (Å²) in [5, 5.41) is 12.5. The monoisotopic (exact) mass is 485 g/mol. The van der Waals surface area contributed by atoms with Gasteiger partial charge in [-0.25, -0.2) is 0 Å². The molecular weight excluding hydrogens is 442 g/mol. The van der Waals surface area contributed by atoms with Gasteiger partial charge in [-0.15, -0.1) is 0 Å². The number of aryl methyl sites for hydroxylation is 1. The van der Waals surface area contributed by atoms with Crippen molar-refractivity contribution in [3.05, 3.63) is 30.0 Å². The van der Waals surface area contributed by atoms with Crippen LogP contribution in [0.2, 0.25) is 0 Å². The molecule has 0 unspecified atom stereocenters. The van der Waals surface area contributed by atoms with E-state index in [1.54, 1.807) is 7.11 Å². The average Bonchev–Trinajstić information content (AvgIpc) is 3.38. The van der Waals surface area contributed by atoms with Crippen LogP contribution < -0.4 is 9.64 Å². The number of likely N-dealkylation sites (tertiary alicyclic amines) is 1. The molecule has 0 amide bonds. The third-order valence-electron chi connectivity index (χ3n) is 8.10. The molecule has 0 atom stereocenters. The third kappa shape index (κ3) is 6.19. The predicted octanol–water partition coefficient (Wildman–Crippen LogP) is 5.38. The Hall–Kier alpha value is -1.50. The lowest BCUT2D eigenvalue weighted by Gasteiger charge is -2.41. The summed E-state index contributed by atoms with van der Waals surface area (Å²) in [5.74, 6) is 2.14. The highest BCUT2D eigenvalue weighted by molar-refractivity contribution is 7.99. The molecule has 1 saturated carbocycles. The fraction of sp³-hybridized carbons (Fsp3) is 0.679. The fourth-order valence-electron chi connectivity index (χ4n) is 5.77. The molecule has 1 aromatic heterocycles. The molecular formula is C28H43N3O2S. The van der Waals surface area contributed by atoms with Crippen LogP contribution in [-0.4, -0.2) is 73.4 Å². The van der Waals surface area contributed by atoms with Gasteiger partial charge in [0.1, 0.15) is 5.75 Å². The molecule has 1 aromatic carbocycles.